The lowest BCUT2D eigenvalue weighted by atomic mass is 10.0. The Balaban J connectivity index is 3.12. The van der Waals surface area contributed by atoms with Crippen LogP contribution in [-0.2, 0) is 0 Å². The molecule has 0 bridgehead atoms. The molecule has 0 atom stereocenters. The second kappa shape index (κ2) is 20.7. The van der Waals surface area contributed by atoms with Crippen LogP contribution in [0.4, 0.5) is 0 Å². The van der Waals surface area contributed by atoms with Crippen LogP contribution in [0.25, 0.3) is 0 Å². The van der Waals surface area contributed by atoms with Crippen molar-refractivity contribution < 1.29 is 0 Å². The molecule has 0 fully saturated rings. The van der Waals surface area contributed by atoms with Crippen LogP contribution in [0.1, 0.15) is 110 Å². The predicted molar refractivity (Wildman–Crippen MR) is 122 cm³/mol. The van der Waals surface area contributed by atoms with Crippen LogP contribution in [-0.4, -0.2) is 37.0 Å². The Morgan fingerprint density at radius 3 is 1.50 bits per heavy atom. The highest BCUT2D eigenvalue weighted by atomic mass is 32.1. The summed E-state index contributed by atoms with van der Waals surface area (Å²) in [6, 6.07) is 0. The van der Waals surface area contributed by atoms with Gasteiger partial charge in [-0.05, 0) is 18.6 Å². The minimum Gasteiger partial charge on any atom is -0.369 e. The summed E-state index contributed by atoms with van der Waals surface area (Å²) in [4.78, 5) is 6.05. The van der Waals surface area contributed by atoms with Gasteiger partial charge in [-0.1, -0.05) is 103 Å². The number of hydrogen-bond acceptors (Lipinski definition) is 1. The van der Waals surface area contributed by atoms with Gasteiger partial charge in [0.15, 0.2) is 5.11 Å². The Labute approximate surface area is 169 Å². The van der Waals surface area contributed by atoms with Gasteiger partial charge in [0.25, 0.3) is 0 Å². The maximum Gasteiger partial charge on any atom is 0.194 e. The zero-order chi connectivity index (χ0) is 19.3. The van der Waals surface area contributed by atoms with Crippen LogP contribution in [0.5, 0.6) is 0 Å². The van der Waals surface area contributed by atoms with Gasteiger partial charge in [0.2, 0.25) is 0 Å². The van der Waals surface area contributed by atoms with E-state index in [4.69, 9.17) is 12.2 Å². The standard InChI is InChI=1S/C22H45N3S/c1-4-5-6-7-8-9-10-11-12-13-14-15-16-17-18-19-20-23-22(26)24-21-25(2)3/h21H,4-20H2,1-3H3,(H,23,26)/b24-21+. The molecular formula is C22H45N3S. The number of rotatable bonds is 18. The van der Waals surface area contributed by atoms with E-state index in [9.17, 15) is 0 Å². The summed E-state index contributed by atoms with van der Waals surface area (Å²) in [6.07, 6.45) is 24.2. The smallest absolute Gasteiger partial charge is 0.194 e. The number of nitrogens with zero attached hydrogens (tertiary/aromatic N) is 2. The van der Waals surface area contributed by atoms with Gasteiger partial charge in [-0.25, -0.2) is 4.99 Å². The molecule has 0 aliphatic carbocycles. The van der Waals surface area contributed by atoms with Crippen LogP contribution in [0.3, 0.4) is 0 Å². The SMILES string of the molecule is CCCCCCCCCCCCCCCCCCNC(=S)/N=C/N(C)C. The van der Waals surface area contributed by atoms with Crippen molar-refractivity contribution in [2.75, 3.05) is 20.6 Å². The van der Waals surface area contributed by atoms with Gasteiger partial charge in [-0.15, -0.1) is 0 Å². The summed E-state index contributed by atoms with van der Waals surface area (Å²) in [5, 5.41) is 3.79. The van der Waals surface area contributed by atoms with Crippen LogP contribution >= 0.6 is 12.2 Å². The first-order valence-corrected chi connectivity index (χ1v) is 11.6. The Hall–Kier alpha value is -0.640. The molecular weight excluding hydrogens is 338 g/mol. The average molecular weight is 384 g/mol. The number of hydrogen-bond donors (Lipinski definition) is 1. The minimum atomic E-state index is 0.597. The van der Waals surface area contributed by atoms with Crippen LogP contribution < -0.4 is 5.32 Å². The molecule has 0 aromatic heterocycles. The van der Waals surface area contributed by atoms with Gasteiger partial charge in [0, 0.05) is 20.6 Å². The fourth-order valence-electron chi connectivity index (χ4n) is 3.08. The van der Waals surface area contributed by atoms with Crippen LogP contribution in [0, 0.1) is 0 Å². The fourth-order valence-corrected chi connectivity index (χ4v) is 3.23. The Bertz CT molecular complexity index is 329. The lowest BCUT2D eigenvalue weighted by Crippen LogP contribution is -2.22. The van der Waals surface area contributed by atoms with E-state index in [1.165, 1.54) is 103 Å². The summed E-state index contributed by atoms with van der Waals surface area (Å²) in [6.45, 7) is 3.24. The molecule has 0 aliphatic rings. The van der Waals surface area contributed by atoms with Gasteiger partial charge in [0.05, 0.1) is 6.34 Å². The van der Waals surface area contributed by atoms with E-state index in [1.54, 1.807) is 6.34 Å². The van der Waals surface area contributed by atoms with Gasteiger partial charge in [0.1, 0.15) is 0 Å². The highest BCUT2D eigenvalue weighted by molar-refractivity contribution is 7.80. The van der Waals surface area contributed by atoms with Gasteiger partial charge in [-0.3, -0.25) is 0 Å². The first kappa shape index (κ1) is 25.4. The summed E-state index contributed by atoms with van der Waals surface area (Å²) in [5.41, 5.74) is 0. The summed E-state index contributed by atoms with van der Waals surface area (Å²) < 4.78 is 0. The third-order valence-electron chi connectivity index (χ3n) is 4.71. The first-order chi connectivity index (χ1) is 12.7. The Morgan fingerprint density at radius 2 is 1.12 bits per heavy atom. The van der Waals surface area contributed by atoms with E-state index in [0.717, 1.165) is 6.54 Å². The van der Waals surface area contributed by atoms with Crippen LogP contribution in [0.2, 0.25) is 0 Å². The van der Waals surface area contributed by atoms with Crippen molar-refractivity contribution in [3.8, 4) is 0 Å². The molecule has 0 saturated heterocycles. The lowest BCUT2D eigenvalue weighted by Gasteiger charge is -2.06. The third kappa shape index (κ3) is 21.4. The second-order valence-corrected chi connectivity index (χ2v) is 8.13. The van der Waals surface area contributed by atoms with Crippen molar-refractivity contribution in [2.24, 2.45) is 4.99 Å². The zero-order valence-electron chi connectivity index (χ0n) is 17.9. The molecule has 3 nitrogen and oxygen atoms in total. The summed E-state index contributed by atoms with van der Waals surface area (Å²) in [5.74, 6) is 0. The van der Waals surface area contributed by atoms with Crippen molar-refractivity contribution in [1.29, 1.82) is 0 Å². The topological polar surface area (TPSA) is 27.6 Å². The van der Waals surface area contributed by atoms with E-state index in [-0.39, 0.29) is 0 Å². The first-order valence-electron chi connectivity index (χ1n) is 11.1. The molecule has 0 unspecified atom stereocenters. The maximum absolute atomic E-state index is 5.15. The van der Waals surface area contributed by atoms with Crippen molar-refractivity contribution >= 4 is 23.7 Å². The molecule has 0 saturated carbocycles. The number of unbranched alkanes of at least 4 members (excludes halogenated alkanes) is 15. The summed E-state index contributed by atoms with van der Waals surface area (Å²) in [7, 11) is 3.89. The van der Waals surface area contributed by atoms with E-state index < -0.39 is 0 Å². The fraction of sp³-hybridized carbons (Fsp3) is 0.909. The number of thiocarbonyl (C=S) groups is 1. The molecule has 0 radical (unpaired) electrons. The molecule has 0 aromatic carbocycles. The second-order valence-electron chi connectivity index (χ2n) is 7.74. The molecule has 4 heteroatoms. The molecule has 0 aromatic rings. The molecule has 0 spiro atoms. The van der Waals surface area contributed by atoms with Crippen molar-refractivity contribution in [3.63, 3.8) is 0 Å². The van der Waals surface area contributed by atoms with E-state index in [2.05, 4.69) is 17.2 Å². The summed E-state index contributed by atoms with van der Waals surface area (Å²) >= 11 is 5.15. The van der Waals surface area contributed by atoms with Crippen molar-refractivity contribution in [3.05, 3.63) is 0 Å². The quantitative estimate of drug-likeness (QED) is 0.123. The van der Waals surface area contributed by atoms with Gasteiger partial charge >= 0.3 is 0 Å². The molecule has 26 heavy (non-hydrogen) atoms. The molecule has 154 valence electrons. The Kier molecular flexibility index (Phi) is 20.2. The molecule has 0 rings (SSSR count). The third-order valence-corrected chi connectivity index (χ3v) is 4.96. The van der Waals surface area contributed by atoms with Gasteiger partial charge < -0.3 is 10.2 Å². The van der Waals surface area contributed by atoms with E-state index in [0.29, 0.717) is 5.11 Å². The van der Waals surface area contributed by atoms with E-state index >= 15 is 0 Å². The lowest BCUT2D eigenvalue weighted by molar-refractivity contribution is 0.529. The Morgan fingerprint density at radius 1 is 0.731 bits per heavy atom. The average Bonchev–Trinajstić information content (AvgIpc) is 2.62. The highest BCUT2D eigenvalue weighted by Crippen LogP contribution is 2.13. The monoisotopic (exact) mass is 383 g/mol. The predicted octanol–water partition coefficient (Wildman–Crippen LogP) is 6.71. The maximum atomic E-state index is 5.15. The molecule has 0 aliphatic heterocycles. The normalized spacial score (nSPS) is 11.2. The minimum absolute atomic E-state index is 0.597. The molecule has 0 amide bonds. The molecule has 0 heterocycles. The van der Waals surface area contributed by atoms with Crippen molar-refractivity contribution in [1.82, 2.24) is 10.2 Å². The zero-order valence-corrected chi connectivity index (χ0v) is 18.7. The van der Waals surface area contributed by atoms with Crippen molar-refractivity contribution in [2.45, 2.75) is 110 Å². The largest absolute Gasteiger partial charge is 0.369 e. The highest BCUT2D eigenvalue weighted by Gasteiger charge is 1.95. The number of aliphatic imine (C=N–C) groups is 1. The van der Waals surface area contributed by atoms with E-state index in [1.807, 2.05) is 19.0 Å². The number of nitrogens with one attached hydrogen (secondary N) is 1. The van der Waals surface area contributed by atoms with Crippen LogP contribution in [0.15, 0.2) is 4.99 Å². The molecule has 1 N–H and O–H groups in total. The van der Waals surface area contributed by atoms with Gasteiger partial charge in [-0.2, -0.15) is 0 Å².